The van der Waals surface area contributed by atoms with Gasteiger partial charge in [0.15, 0.2) is 0 Å². The Labute approximate surface area is 134 Å². The van der Waals surface area contributed by atoms with Crippen LogP contribution in [-0.2, 0) is 19.9 Å². The average Bonchev–Trinajstić information content (AvgIpc) is 2.53. The van der Waals surface area contributed by atoms with Crippen molar-refractivity contribution in [1.82, 2.24) is 20.5 Å². The first-order valence-corrected chi connectivity index (χ1v) is 8.11. The van der Waals surface area contributed by atoms with Gasteiger partial charge in [-0.3, -0.25) is 14.6 Å². The summed E-state index contributed by atoms with van der Waals surface area (Å²) in [5.74, 6) is -0.654. The Morgan fingerprint density at radius 3 is 3.00 bits per heavy atom. The Balaban J connectivity index is 1.75. The van der Waals surface area contributed by atoms with Gasteiger partial charge in [0.1, 0.15) is 0 Å². The van der Waals surface area contributed by atoms with Crippen LogP contribution in [0.5, 0.6) is 0 Å². The molecule has 0 aliphatic carbocycles. The molecule has 4 rings (SSSR count). The van der Waals surface area contributed by atoms with Gasteiger partial charge in [-0.25, -0.2) is 0 Å². The van der Waals surface area contributed by atoms with E-state index in [0.29, 0.717) is 25.2 Å². The molecule has 3 aliphatic heterocycles. The standard InChI is InChI=1S/C16H20N4O3/c21-14-16(11-3-1-5-17-9-11,15(22)20-7-2-8-20)23-13-4-6-18-10-12(13)19-14/h1,3,5,9,12-13,18H,2,4,6-8,10H2,(H,19,21). The van der Waals surface area contributed by atoms with Crippen molar-refractivity contribution < 1.29 is 14.3 Å². The lowest BCUT2D eigenvalue weighted by Gasteiger charge is -2.47. The number of pyridine rings is 1. The molecular formula is C16H20N4O3. The van der Waals surface area contributed by atoms with Gasteiger partial charge in [0.05, 0.1) is 12.1 Å². The number of carbonyl (C=O) groups is 2. The van der Waals surface area contributed by atoms with Gasteiger partial charge in [0.25, 0.3) is 17.4 Å². The number of carbonyl (C=O) groups excluding carboxylic acids is 2. The van der Waals surface area contributed by atoms with E-state index in [0.717, 1.165) is 19.4 Å². The fourth-order valence-electron chi connectivity index (χ4n) is 3.45. The van der Waals surface area contributed by atoms with Crippen molar-refractivity contribution in [2.45, 2.75) is 30.6 Å². The van der Waals surface area contributed by atoms with E-state index in [2.05, 4.69) is 15.6 Å². The number of aromatic nitrogens is 1. The number of hydrogen-bond donors (Lipinski definition) is 2. The van der Waals surface area contributed by atoms with E-state index >= 15 is 0 Å². The smallest absolute Gasteiger partial charge is 0.269 e. The maximum Gasteiger partial charge on any atom is 0.269 e. The van der Waals surface area contributed by atoms with Crippen molar-refractivity contribution in [3.63, 3.8) is 0 Å². The largest absolute Gasteiger partial charge is 0.346 e. The van der Waals surface area contributed by atoms with Crippen molar-refractivity contribution in [2.24, 2.45) is 0 Å². The van der Waals surface area contributed by atoms with E-state index in [4.69, 9.17) is 4.74 Å². The lowest BCUT2D eigenvalue weighted by atomic mass is 9.86. The summed E-state index contributed by atoms with van der Waals surface area (Å²) in [5, 5.41) is 6.23. The number of hydrogen-bond acceptors (Lipinski definition) is 5. The average molecular weight is 316 g/mol. The molecular weight excluding hydrogens is 296 g/mol. The van der Waals surface area contributed by atoms with Gasteiger partial charge in [0, 0.05) is 37.6 Å². The van der Waals surface area contributed by atoms with Crippen molar-refractivity contribution in [3.8, 4) is 0 Å². The van der Waals surface area contributed by atoms with Crippen LogP contribution in [0.4, 0.5) is 0 Å². The molecule has 1 aromatic heterocycles. The topological polar surface area (TPSA) is 83.6 Å². The highest BCUT2D eigenvalue weighted by molar-refractivity contribution is 6.09. The summed E-state index contributed by atoms with van der Waals surface area (Å²) in [7, 11) is 0. The monoisotopic (exact) mass is 316 g/mol. The summed E-state index contributed by atoms with van der Waals surface area (Å²) in [5.41, 5.74) is -1.10. The summed E-state index contributed by atoms with van der Waals surface area (Å²) >= 11 is 0. The van der Waals surface area contributed by atoms with Gasteiger partial charge in [-0.15, -0.1) is 0 Å². The number of morpholine rings is 1. The summed E-state index contributed by atoms with van der Waals surface area (Å²) in [6.45, 7) is 2.83. The van der Waals surface area contributed by atoms with Crippen LogP contribution in [0.15, 0.2) is 24.5 Å². The van der Waals surface area contributed by atoms with Crippen molar-refractivity contribution in [3.05, 3.63) is 30.1 Å². The Morgan fingerprint density at radius 2 is 2.30 bits per heavy atom. The molecule has 3 saturated heterocycles. The molecule has 1 aromatic rings. The molecule has 0 saturated carbocycles. The minimum Gasteiger partial charge on any atom is -0.346 e. The molecule has 23 heavy (non-hydrogen) atoms. The molecule has 0 bridgehead atoms. The number of fused-ring (bicyclic) bond motifs is 1. The predicted molar refractivity (Wildman–Crippen MR) is 81.4 cm³/mol. The molecule has 2 amide bonds. The third kappa shape index (κ3) is 2.22. The highest BCUT2D eigenvalue weighted by Crippen LogP contribution is 2.36. The molecule has 7 nitrogen and oxygen atoms in total. The van der Waals surface area contributed by atoms with Crippen LogP contribution in [0, 0.1) is 0 Å². The maximum atomic E-state index is 13.1. The SMILES string of the molecule is O=C1NC2CNCCC2OC1(C(=O)N1CCC1)c1cccnc1. The zero-order valence-electron chi connectivity index (χ0n) is 12.8. The highest BCUT2D eigenvalue weighted by Gasteiger charge is 2.57. The second-order valence-corrected chi connectivity index (χ2v) is 6.30. The van der Waals surface area contributed by atoms with Crippen LogP contribution in [0.2, 0.25) is 0 Å². The number of piperidine rings is 1. The zero-order valence-corrected chi connectivity index (χ0v) is 12.8. The van der Waals surface area contributed by atoms with Crippen LogP contribution < -0.4 is 10.6 Å². The second kappa shape index (κ2) is 5.58. The summed E-state index contributed by atoms with van der Waals surface area (Å²) in [6.07, 6.45) is 4.74. The Morgan fingerprint density at radius 1 is 1.43 bits per heavy atom. The summed E-state index contributed by atoms with van der Waals surface area (Å²) in [4.78, 5) is 31.8. The van der Waals surface area contributed by atoms with E-state index in [1.54, 1.807) is 29.4 Å². The van der Waals surface area contributed by atoms with Crippen molar-refractivity contribution >= 4 is 11.8 Å². The quantitative estimate of drug-likeness (QED) is 0.711. The number of likely N-dealkylation sites (tertiary alicyclic amines) is 1. The molecule has 3 atom stereocenters. The zero-order chi connectivity index (χ0) is 15.9. The van der Waals surface area contributed by atoms with Gasteiger partial charge in [-0.05, 0) is 25.5 Å². The van der Waals surface area contributed by atoms with Gasteiger partial charge in [-0.2, -0.15) is 0 Å². The molecule has 7 heteroatoms. The van der Waals surface area contributed by atoms with Gasteiger partial charge in [0.2, 0.25) is 0 Å². The van der Waals surface area contributed by atoms with Crippen molar-refractivity contribution in [2.75, 3.05) is 26.2 Å². The van der Waals surface area contributed by atoms with Crippen LogP contribution in [0.3, 0.4) is 0 Å². The first-order valence-electron chi connectivity index (χ1n) is 8.11. The van der Waals surface area contributed by atoms with Crippen LogP contribution in [-0.4, -0.2) is 60.0 Å². The van der Waals surface area contributed by atoms with E-state index in [-0.39, 0.29) is 24.0 Å². The van der Waals surface area contributed by atoms with Crippen LogP contribution in [0.1, 0.15) is 18.4 Å². The molecule has 0 radical (unpaired) electrons. The highest BCUT2D eigenvalue weighted by atomic mass is 16.5. The minimum absolute atomic E-state index is 0.0924. The first-order chi connectivity index (χ1) is 11.2. The van der Waals surface area contributed by atoms with Crippen molar-refractivity contribution in [1.29, 1.82) is 0 Å². The van der Waals surface area contributed by atoms with E-state index in [1.807, 2.05) is 0 Å². The predicted octanol–water partition coefficient (Wildman–Crippen LogP) is -0.614. The molecule has 2 N–H and O–H groups in total. The number of ether oxygens (including phenoxy) is 1. The maximum absolute atomic E-state index is 13.1. The second-order valence-electron chi connectivity index (χ2n) is 6.30. The molecule has 3 unspecified atom stereocenters. The van der Waals surface area contributed by atoms with Crippen LogP contribution in [0.25, 0.3) is 0 Å². The lowest BCUT2D eigenvalue weighted by Crippen LogP contribution is -2.70. The van der Waals surface area contributed by atoms with Gasteiger partial charge < -0.3 is 20.3 Å². The fourth-order valence-corrected chi connectivity index (χ4v) is 3.45. The van der Waals surface area contributed by atoms with E-state index in [1.165, 1.54) is 0 Å². The number of rotatable bonds is 2. The summed E-state index contributed by atoms with van der Waals surface area (Å²) in [6, 6.07) is 3.38. The van der Waals surface area contributed by atoms with Gasteiger partial charge in [-0.1, -0.05) is 6.07 Å². The Kier molecular flexibility index (Phi) is 3.54. The minimum atomic E-state index is -1.60. The molecule has 3 fully saturated rings. The number of nitrogens with one attached hydrogen (secondary N) is 2. The molecule has 0 aromatic carbocycles. The Hall–Kier alpha value is -1.99. The van der Waals surface area contributed by atoms with E-state index < -0.39 is 5.60 Å². The molecule has 0 spiro atoms. The van der Waals surface area contributed by atoms with Gasteiger partial charge >= 0.3 is 0 Å². The molecule has 122 valence electrons. The summed E-state index contributed by atoms with van der Waals surface area (Å²) < 4.78 is 6.21. The fraction of sp³-hybridized carbons (Fsp3) is 0.562. The van der Waals surface area contributed by atoms with Crippen LogP contribution >= 0.6 is 0 Å². The molecule has 3 aliphatic rings. The number of amides is 2. The third-order valence-electron chi connectivity index (χ3n) is 4.90. The Bertz CT molecular complexity index is 619. The lowest BCUT2D eigenvalue weighted by molar-refractivity contribution is -0.195. The molecule has 4 heterocycles. The normalized spacial score (nSPS) is 33.4. The third-order valence-corrected chi connectivity index (χ3v) is 4.90. The van der Waals surface area contributed by atoms with E-state index in [9.17, 15) is 9.59 Å². The first kappa shape index (κ1) is 14.6. The number of nitrogens with zero attached hydrogens (tertiary/aromatic N) is 2.